The van der Waals surface area contributed by atoms with Gasteiger partial charge in [0, 0.05) is 37.3 Å². The molecule has 3 heterocycles. The normalized spacial score (nSPS) is 17.5. The monoisotopic (exact) mass is 607 g/mol. The van der Waals surface area contributed by atoms with Crippen LogP contribution in [0, 0.1) is 11.7 Å². The minimum atomic E-state index is -4.70. The number of hydrogen-bond donors (Lipinski definition) is 2. The average molecular weight is 608 g/mol. The molecule has 1 saturated heterocycles. The van der Waals surface area contributed by atoms with E-state index in [2.05, 4.69) is 32.3 Å². The van der Waals surface area contributed by atoms with Gasteiger partial charge >= 0.3 is 6.18 Å². The number of anilines is 2. The number of benzene rings is 2. The average Bonchev–Trinajstić information content (AvgIpc) is 3.74. The summed E-state index contributed by atoms with van der Waals surface area (Å²) in [6, 6.07) is 10.3. The highest BCUT2D eigenvalue weighted by Gasteiger charge is 2.35. The van der Waals surface area contributed by atoms with Crippen molar-refractivity contribution in [3.63, 3.8) is 0 Å². The number of alkyl halides is 3. The number of hydrogen-bond acceptors (Lipinski definition) is 6. The van der Waals surface area contributed by atoms with Crippen LogP contribution < -0.4 is 11.1 Å². The van der Waals surface area contributed by atoms with E-state index in [4.69, 9.17) is 5.73 Å². The van der Waals surface area contributed by atoms with Gasteiger partial charge in [-0.05, 0) is 91.2 Å². The Morgan fingerprint density at radius 3 is 2.57 bits per heavy atom. The fourth-order valence-electron chi connectivity index (χ4n) is 5.91. The van der Waals surface area contributed by atoms with E-state index in [1.165, 1.54) is 24.5 Å². The van der Waals surface area contributed by atoms with Crippen LogP contribution in [0.5, 0.6) is 0 Å². The van der Waals surface area contributed by atoms with Crippen LogP contribution in [-0.2, 0) is 19.8 Å². The molecule has 12 heteroatoms. The van der Waals surface area contributed by atoms with E-state index >= 15 is 0 Å². The summed E-state index contributed by atoms with van der Waals surface area (Å²) >= 11 is 0. The zero-order valence-corrected chi connectivity index (χ0v) is 24.5. The molecule has 0 spiro atoms. The molecule has 1 amide bonds. The first-order chi connectivity index (χ1) is 21.0. The summed E-state index contributed by atoms with van der Waals surface area (Å²) in [6.07, 6.45) is 0.658. The van der Waals surface area contributed by atoms with Gasteiger partial charge in [0.15, 0.2) is 5.82 Å². The van der Waals surface area contributed by atoms with Gasteiger partial charge in [-0.1, -0.05) is 13.0 Å². The third kappa shape index (κ3) is 6.30. The number of nitrogens with one attached hydrogen (secondary N) is 1. The van der Waals surface area contributed by atoms with Crippen LogP contribution in [0.2, 0.25) is 0 Å². The molecule has 2 aliphatic rings. The molecule has 230 valence electrons. The van der Waals surface area contributed by atoms with Crippen LogP contribution in [0.1, 0.15) is 65.8 Å². The van der Waals surface area contributed by atoms with Gasteiger partial charge < -0.3 is 15.6 Å². The highest BCUT2D eigenvalue weighted by Crippen LogP contribution is 2.42. The highest BCUT2D eigenvalue weighted by atomic mass is 19.4. The smallest absolute Gasteiger partial charge is 0.397 e. The van der Waals surface area contributed by atoms with Crippen molar-refractivity contribution in [2.45, 2.75) is 51.2 Å². The number of nitrogen functional groups attached to an aromatic ring is 1. The zero-order chi connectivity index (χ0) is 31.2. The van der Waals surface area contributed by atoms with Crippen LogP contribution in [0.3, 0.4) is 0 Å². The number of pyridine rings is 1. The molecular formula is C32H33F4N7O. The molecule has 0 radical (unpaired) electrons. The topological polar surface area (TPSA) is 102 Å². The lowest BCUT2D eigenvalue weighted by Gasteiger charge is -2.31. The number of aromatic nitrogens is 4. The Labute approximate surface area is 252 Å². The van der Waals surface area contributed by atoms with Crippen LogP contribution in [0.15, 0.2) is 48.8 Å². The molecule has 2 aromatic heterocycles. The summed E-state index contributed by atoms with van der Waals surface area (Å²) in [4.78, 5) is 20.4. The molecule has 4 aromatic rings. The van der Waals surface area contributed by atoms with Gasteiger partial charge in [0.1, 0.15) is 17.8 Å². The van der Waals surface area contributed by atoms with E-state index in [9.17, 15) is 22.4 Å². The molecule has 0 bridgehead atoms. The number of nitrogens with zero attached hydrogens (tertiary/aromatic N) is 5. The van der Waals surface area contributed by atoms with Gasteiger partial charge in [0.2, 0.25) is 0 Å². The number of aryl methyl sites for hydroxylation is 1. The van der Waals surface area contributed by atoms with Crippen molar-refractivity contribution in [3.05, 3.63) is 77.1 Å². The SMILES string of the molecule is CC1CCCN(Cc2cc(NC(=O)c3cc(-c4ccc(F)cc4-c4nncn4C)cc(C4CC4)n3)c(N)c(C(F)(F)F)c2)C1. The van der Waals surface area contributed by atoms with Crippen molar-refractivity contribution in [2.24, 2.45) is 13.0 Å². The Balaban J connectivity index is 1.37. The second-order valence-electron chi connectivity index (χ2n) is 11.9. The minimum Gasteiger partial charge on any atom is -0.397 e. The second-order valence-corrected chi connectivity index (χ2v) is 11.9. The summed E-state index contributed by atoms with van der Waals surface area (Å²) in [5.74, 6) is -0.121. The fraction of sp³-hybridized carbons (Fsp3) is 0.375. The van der Waals surface area contributed by atoms with Crippen LogP contribution >= 0.6 is 0 Å². The predicted octanol–water partition coefficient (Wildman–Crippen LogP) is 6.65. The molecule has 1 unspecified atom stereocenters. The lowest BCUT2D eigenvalue weighted by Crippen LogP contribution is -2.33. The summed E-state index contributed by atoms with van der Waals surface area (Å²) in [7, 11) is 1.74. The number of carbonyl (C=O) groups is 1. The number of carbonyl (C=O) groups excluding carboxylic acids is 1. The maximum Gasteiger partial charge on any atom is 0.418 e. The largest absolute Gasteiger partial charge is 0.418 e. The van der Waals surface area contributed by atoms with Crippen molar-refractivity contribution in [2.75, 3.05) is 24.1 Å². The molecule has 1 atom stereocenters. The van der Waals surface area contributed by atoms with Crippen molar-refractivity contribution >= 4 is 17.3 Å². The molecule has 1 aliphatic carbocycles. The number of nitrogens with two attached hydrogens (primary N) is 1. The minimum absolute atomic E-state index is 0.0147. The Hall–Kier alpha value is -4.32. The molecular weight excluding hydrogens is 574 g/mol. The standard InChI is InChI=1S/C32H33F4N7O/c1-18-4-3-9-43(15-18)16-19-10-25(32(34,35)36)29(37)27(11-19)40-31(44)28-13-21(12-26(39-28)20-5-6-20)23-8-7-22(33)14-24(23)30-41-38-17-42(30)2/h7-8,10-14,17-18,20H,3-6,9,15-16,37H2,1-2H3,(H,40,44). The molecule has 8 nitrogen and oxygen atoms in total. The molecule has 6 rings (SSSR count). The van der Waals surface area contributed by atoms with Gasteiger partial charge in [-0.15, -0.1) is 10.2 Å². The fourth-order valence-corrected chi connectivity index (χ4v) is 5.91. The number of likely N-dealkylation sites (tertiary alicyclic amines) is 1. The van der Waals surface area contributed by atoms with Gasteiger partial charge in [-0.25, -0.2) is 9.37 Å². The van der Waals surface area contributed by atoms with Crippen molar-refractivity contribution in [1.29, 1.82) is 0 Å². The van der Waals surface area contributed by atoms with Gasteiger partial charge in [0.05, 0.1) is 16.9 Å². The van der Waals surface area contributed by atoms with E-state index in [1.54, 1.807) is 23.7 Å². The summed E-state index contributed by atoms with van der Waals surface area (Å²) in [5.41, 5.74) is 7.14. The van der Waals surface area contributed by atoms with E-state index in [1.807, 2.05) is 6.07 Å². The Morgan fingerprint density at radius 2 is 1.89 bits per heavy atom. The lowest BCUT2D eigenvalue weighted by molar-refractivity contribution is -0.136. The van der Waals surface area contributed by atoms with Crippen LogP contribution in [-0.4, -0.2) is 43.6 Å². The number of amides is 1. The molecule has 44 heavy (non-hydrogen) atoms. The van der Waals surface area contributed by atoms with Gasteiger partial charge in [-0.2, -0.15) is 13.2 Å². The predicted molar refractivity (Wildman–Crippen MR) is 159 cm³/mol. The maximum atomic E-state index is 14.4. The van der Waals surface area contributed by atoms with Crippen molar-refractivity contribution < 1.29 is 22.4 Å². The van der Waals surface area contributed by atoms with E-state index in [-0.39, 0.29) is 17.3 Å². The Bertz CT molecular complexity index is 1710. The first kappa shape index (κ1) is 29.7. The number of halogens is 4. The number of piperidine rings is 1. The summed E-state index contributed by atoms with van der Waals surface area (Å²) in [5, 5.41) is 10.7. The molecule has 2 fully saturated rings. The molecule has 3 N–H and O–H groups in total. The Kier molecular flexibility index (Phi) is 7.87. The maximum absolute atomic E-state index is 14.4. The Morgan fingerprint density at radius 1 is 1.09 bits per heavy atom. The quantitative estimate of drug-likeness (QED) is 0.180. The first-order valence-corrected chi connectivity index (χ1v) is 14.7. The van der Waals surface area contributed by atoms with E-state index in [0.29, 0.717) is 46.2 Å². The van der Waals surface area contributed by atoms with E-state index < -0.39 is 29.2 Å². The third-order valence-electron chi connectivity index (χ3n) is 8.26. The lowest BCUT2D eigenvalue weighted by atomic mass is 9.97. The van der Waals surface area contributed by atoms with Gasteiger partial charge in [-0.3, -0.25) is 9.69 Å². The van der Waals surface area contributed by atoms with Crippen LogP contribution in [0.25, 0.3) is 22.5 Å². The van der Waals surface area contributed by atoms with Crippen molar-refractivity contribution in [1.82, 2.24) is 24.6 Å². The first-order valence-electron chi connectivity index (χ1n) is 14.7. The molecule has 2 aromatic carbocycles. The van der Waals surface area contributed by atoms with Gasteiger partial charge in [0.25, 0.3) is 5.91 Å². The van der Waals surface area contributed by atoms with E-state index in [0.717, 1.165) is 44.8 Å². The summed E-state index contributed by atoms with van der Waals surface area (Å²) < 4.78 is 58.2. The van der Waals surface area contributed by atoms with Crippen molar-refractivity contribution in [3.8, 4) is 22.5 Å². The van der Waals surface area contributed by atoms with Crippen LogP contribution in [0.4, 0.5) is 28.9 Å². The molecule has 1 aliphatic heterocycles. The second kappa shape index (κ2) is 11.6. The third-order valence-corrected chi connectivity index (χ3v) is 8.26. The summed E-state index contributed by atoms with van der Waals surface area (Å²) in [6.45, 7) is 4.01. The number of rotatable bonds is 7. The highest BCUT2D eigenvalue weighted by molar-refractivity contribution is 6.05. The zero-order valence-electron chi connectivity index (χ0n) is 24.5. The molecule has 1 saturated carbocycles.